The van der Waals surface area contributed by atoms with Crippen LogP contribution in [0.4, 0.5) is 0 Å². The summed E-state index contributed by atoms with van der Waals surface area (Å²) in [4.78, 5) is 35.1. The highest BCUT2D eigenvalue weighted by molar-refractivity contribution is 5.68. The van der Waals surface area contributed by atoms with Crippen LogP contribution >= 0.6 is 0 Å². The lowest BCUT2D eigenvalue weighted by molar-refractivity contribution is -0.194. The number of hydrogen-bond donors (Lipinski definition) is 0. The molecule has 0 saturated heterocycles. The summed E-state index contributed by atoms with van der Waals surface area (Å²) in [6, 6.07) is 0. The fraction of sp³-hybridized carbons (Fsp3) is 0.800. The minimum atomic E-state index is -0.381. The lowest BCUT2D eigenvalue weighted by atomic mass is 9.45. The Balaban J connectivity index is 1.57. The molecule has 4 rings (SSSR count). The summed E-state index contributed by atoms with van der Waals surface area (Å²) in [5, 5.41) is 0. The van der Waals surface area contributed by atoms with Gasteiger partial charge in [0, 0.05) is 26.2 Å². The summed E-state index contributed by atoms with van der Waals surface area (Å²) in [6.45, 7) is 8.96. The summed E-state index contributed by atoms with van der Waals surface area (Å²) in [5.74, 6) is 2.03. The number of carbonyl (C=O) groups is 3. The Bertz CT molecular complexity index is 802. The van der Waals surface area contributed by atoms with E-state index in [-0.39, 0.29) is 40.9 Å². The van der Waals surface area contributed by atoms with E-state index in [0.717, 1.165) is 50.7 Å². The van der Waals surface area contributed by atoms with Crippen LogP contribution in [0.15, 0.2) is 11.8 Å². The molecule has 0 aromatic carbocycles. The van der Waals surface area contributed by atoms with Crippen LogP contribution in [0.1, 0.15) is 79.6 Å². The Morgan fingerprint density at radius 2 is 1.58 bits per heavy atom. The minimum Gasteiger partial charge on any atom is -0.459 e. The van der Waals surface area contributed by atoms with Crippen molar-refractivity contribution >= 4 is 17.9 Å². The summed E-state index contributed by atoms with van der Waals surface area (Å²) >= 11 is 0. The summed E-state index contributed by atoms with van der Waals surface area (Å²) in [7, 11) is 0. The smallest absolute Gasteiger partial charge is 0.307 e. The molecule has 6 heteroatoms. The molecule has 4 aliphatic rings. The van der Waals surface area contributed by atoms with Crippen molar-refractivity contribution in [3.63, 3.8) is 0 Å². The van der Waals surface area contributed by atoms with Crippen molar-refractivity contribution in [1.29, 1.82) is 0 Å². The first-order valence-electron chi connectivity index (χ1n) is 11.8. The SMILES string of the molecule is CC(=O)OC1=CC[C@H]2[C@@H]3CC[C@H]4C[C@H](OC(C)=O)[C@@H](OC(C)=O)C[C@]4(C)[C@H]3CC[C@]12C. The number of hydrogen-bond acceptors (Lipinski definition) is 6. The molecule has 4 aliphatic carbocycles. The van der Waals surface area contributed by atoms with Gasteiger partial charge in [0.1, 0.15) is 18.0 Å². The average molecular weight is 433 g/mol. The lowest BCUT2D eigenvalue weighted by Crippen LogP contribution is -2.57. The molecule has 31 heavy (non-hydrogen) atoms. The number of allylic oxidation sites excluding steroid dienone is 2. The molecule has 6 nitrogen and oxygen atoms in total. The molecule has 0 unspecified atom stereocenters. The van der Waals surface area contributed by atoms with Gasteiger partial charge in [-0.3, -0.25) is 14.4 Å². The number of ether oxygens (including phenoxy) is 3. The van der Waals surface area contributed by atoms with Crippen LogP contribution in [0.25, 0.3) is 0 Å². The molecule has 0 aliphatic heterocycles. The summed E-state index contributed by atoms with van der Waals surface area (Å²) in [6.07, 6.45) is 8.20. The van der Waals surface area contributed by atoms with Gasteiger partial charge in [-0.15, -0.1) is 0 Å². The summed E-state index contributed by atoms with van der Waals surface area (Å²) < 4.78 is 16.9. The van der Waals surface area contributed by atoms with Crippen LogP contribution in [0.3, 0.4) is 0 Å². The lowest BCUT2D eigenvalue weighted by Gasteiger charge is -2.61. The quantitative estimate of drug-likeness (QED) is 0.481. The molecule has 3 saturated carbocycles. The Morgan fingerprint density at radius 3 is 2.23 bits per heavy atom. The van der Waals surface area contributed by atoms with Gasteiger partial charge in [-0.05, 0) is 80.1 Å². The number of esters is 3. The predicted molar refractivity (Wildman–Crippen MR) is 113 cm³/mol. The van der Waals surface area contributed by atoms with Crippen LogP contribution in [-0.2, 0) is 28.6 Å². The Kier molecular flexibility index (Phi) is 5.72. The molecule has 8 atom stereocenters. The molecule has 3 fully saturated rings. The largest absolute Gasteiger partial charge is 0.459 e. The molecule has 0 heterocycles. The van der Waals surface area contributed by atoms with E-state index in [1.54, 1.807) is 0 Å². The molecule has 0 radical (unpaired) electrons. The molecule has 0 spiro atoms. The zero-order valence-corrected chi connectivity index (χ0v) is 19.4. The minimum absolute atomic E-state index is 0.0468. The number of carbonyl (C=O) groups excluding carboxylic acids is 3. The number of rotatable bonds is 3. The van der Waals surface area contributed by atoms with Gasteiger partial charge in [0.15, 0.2) is 0 Å². The second kappa shape index (κ2) is 7.93. The van der Waals surface area contributed by atoms with Gasteiger partial charge in [0.25, 0.3) is 0 Å². The van der Waals surface area contributed by atoms with E-state index in [0.29, 0.717) is 23.7 Å². The average Bonchev–Trinajstić information content (AvgIpc) is 2.97. The van der Waals surface area contributed by atoms with Gasteiger partial charge in [0.2, 0.25) is 0 Å². The second-order valence-electron chi connectivity index (χ2n) is 10.7. The van der Waals surface area contributed by atoms with E-state index >= 15 is 0 Å². The fourth-order valence-corrected chi connectivity index (χ4v) is 7.75. The van der Waals surface area contributed by atoms with E-state index in [1.165, 1.54) is 20.8 Å². The van der Waals surface area contributed by atoms with Crippen molar-refractivity contribution in [2.45, 2.75) is 91.8 Å². The predicted octanol–water partition coefficient (Wildman–Crippen LogP) is 4.56. The second-order valence-corrected chi connectivity index (χ2v) is 10.7. The fourth-order valence-electron chi connectivity index (χ4n) is 7.75. The van der Waals surface area contributed by atoms with Crippen molar-refractivity contribution in [2.75, 3.05) is 0 Å². The first kappa shape index (κ1) is 22.3. The molecular weight excluding hydrogens is 396 g/mol. The van der Waals surface area contributed by atoms with Gasteiger partial charge in [0.05, 0.1) is 0 Å². The van der Waals surface area contributed by atoms with E-state index in [4.69, 9.17) is 14.2 Å². The molecule has 0 N–H and O–H groups in total. The van der Waals surface area contributed by atoms with Crippen molar-refractivity contribution in [3.05, 3.63) is 11.8 Å². The van der Waals surface area contributed by atoms with Gasteiger partial charge in [-0.25, -0.2) is 0 Å². The van der Waals surface area contributed by atoms with Crippen LogP contribution in [0.2, 0.25) is 0 Å². The van der Waals surface area contributed by atoms with Gasteiger partial charge in [-0.1, -0.05) is 13.8 Å². The molecule has 0 aromatic rings. The molecular formula is C25H36O6. The maximum absolute atomic E-state index is 11.8. The van der Waals surface area contributed by atoms with E-state index in [2.05, 4.69) is 19.9 Å². The molecule has 0 amide bonds. The molecule has 172 valence electrons. The highest BCUT2D eigenvalue weighted by atomic mass is 16.6. The van der Waals surface area contributed by atoms with Crippen molar-refractivity contribution < 1.29 is 28.6 Å². The standard InChI is InChI=1S/C25H36O6/c1-14(26)29-21-12-17-6-7-18-19-8-9-23(31-16(3)28)24(19,4)11-10-20(18)25(17,5)13-22(21)30-15(2)27/h9,17-22H,6-8,10-13H2,1-5H3/t17-,18-,19-,20-,21-,22-,24-,25-/m0/s1. The van der Waals surface area contributed by atoms with Crippen molar-refractivity contribution in [1.82, 2.24) is 0 Å². The summed E-state index contributed by atoms with van der Waals surface area (Å²) in [5.41, 5.74) is -0.0224. The Hall–Kier alpha value is -1.85. The van der Waals surface area contributed by atoms with Gasteiger partial charge >= 0.3 is 17.9 Å². The third-order valence-corrected chi connectivity index (χ3v) is 9.04. The molecule has 0 bridgehead atoms. The maximum Gasteiger partial charge on any atom is 0.307 e. The highest BCUT2D eigenvalue weighted by Crippen LogP contribution is 2.66. The van der Waals surface area contributed by atoms with E-state index in [1.807, 2.05) is 0 Å². The van der Waals surface area contributed by atoms with Crippen LogP contribution in [0, 0.1) is 34.5 Å². The number of fused-ring (bicyclic) bond motifs is 5. The third-order valence-electron chi connectivity index (χ3n) is 9.04. The zero-order chi connectivity index (χ0) is 22.6. The Morgan fingerprint density at radius 1 is 0.903 bits per heavy atom. The highest BCUT2D eigenvalue weighted by Gasteiger charge is 2.61. The van der Waals surface area contributed by atoms with Crippen LogP contribution in [0.5, 0.6) is 0 Å². The van der Waals surface area contributed by atoms with Crippen molar-refractivity contribution in [2.24, 2.45) is 34.5 Å². The van der Waals surface area contributed by atoms with Gasteiger partial charge < -0.3 is 14.2 Å². The van der Waals surface area contributed by atoms with E-state index < -0.39 is 0 Å². The monoisotopic (exact) mass is 432 g/mol. The van der Waals surface area contributed by atoms with Crippen LogP contribution in [-0.4, -0.2) is 30.1 Å². The normalized spacial score (nSPS) is 43.6. The first-order valence-corrected chi connectivity index (χ1v) is 11.8. The maximum atomic E-state index is 11.8. The van der Waals surface area contributed by atoms with Crippen molar-refractivity contribution in [3.8, 4) is 0 Å². The van der Waals surface area contributed by atoms with Crippen LogP contribution < -0.4 is 0 Å². The zero-order valence-electron chi connectivity index (χ0n) is 19.4. The Labute approximate surface area is 185 Å². The van der Waals surface area contributed by atoms with Gasteiger partial charge in [-0.2, -0.15) is 0 Å². The first-order chi connectivity index (χ1) is 14.5. The third kappa shape index (κ3) is 3.80. The van der Waals surface area contributed by atoms with E-state index in [9.17, 15) is 14.4 Å². The molecule has 0 aromatic heterocycles. The topological polar surface area (TPSA) is 78.9 Å².